The van der Waals surface area contributed by atoms with Gasteiger partial charge in [0, 0.05) is 37.7 Å². The van der Waals surface area contributed by atoms with E-state index in [9.17, 15) is 0 Å². The molecule has 0 bridgehead atoms. The minimum Gasteiger partial charge on any atom is -0.381 e. The van der Waals surface area contributed by atoms with Gasteiger partial charge in [-0.2, -0.15) is 0 Å². The lowest BCUT2D eigenvalue weighted by Crippen LogP contribution is -2.49. The van der Waals surface area contributed by atoms with Gasteiger partial charge in [0.05, 0.1) is 10.4 Å². The minimum atomic E-state index is 0.254. The minimum absolute atomic E-state index is 0.254. The van der Waals surface area contributed by atoms with Crippen LogP contribution in [0.15, 0.2) is 15.2 Å². The number of nitrogens with zero attached hydrogens (tertiary/aromatic N) is 1. The first-order valence-corrected chi connectivity index (χ1v) is 9.39. The van der Waals surface area contributed by atoms with E-state index in [-0.39, 0.29) is 5.41 Å². The fourth-order valence-electron chi connectivity index (χ4n) is 3.02. The monoisotopic (exact) mass is 374 g/mol. The lowest BCUT2D eigenvalue weighted by atomic mass is 9.81. The Morgan fingerprint density at radius 1 is 1.52 bits per heavy atom. The van der Waals surface area contributed by atoms with Crippen LogP contribution in [0, 0.1) is 5.41 Å². The van der Waals surface area contributed by atoms with E-state index >= 15 is 0 Å². The highest BCUT2D eigenvalue weighted by Crippen LogP contribution is 2.30. The van der Waals surface area contributed by atoms with Crippen LogP contribution in [0.3, 0.4) is 0 Å². The Kier molecular flexibility index (Phi) is 6.69. The van der Waals surface area contributed by atoms with E-state index in [1.807, 2.05) is 0 Å². The molecule has 0 aliphatic carbocycles. The van der Waals surface area contributed by atoms with Crippen LogP contribution < -0.4 is 5.32 Å². The number of ether oxygens (including phenoxy) is 1. The second-order valence-electron chi connectivity index (χ2n) is 6.62. The Morgan fingerprint density at radius 2 is 2.33 bits per heavy atom. The van der Waals surface area contributed by atoms with Crippen molar-refractivity contribution in [1.29, 1.82) is 0 Å². The molecule has 0 saturated carbocycles. The van der Waals surface area contributed by atoms with Crippen molar-refractivity contribution in [1.82, 2.24) is 10.2 Å². The van der Waals surface area contributed by atoms with E-state index in [1.54, 1.807) is 11.3 Å². The summed E-state index contributed by atoms with van der Waals surface area (Å²) in [5.41, 5.74) is 1.64. The van der Waals surface area contributed by atoms with Gasteiger partial charge in [-0.25, -0.2) is 0 Å². The van der Waals surface area contributed by atoms with Crippen molar-refractivity contribution in [3.63, 3.8) is 0 Å². The highest BCUT2D eigenvalue weighted by molar-refractivity contribution is 9.11. The smallest absolute Gasteiger partial charge is 0.0701 e. The van der Waals surface area contributed by atoms with Crippen LogP contribution in [0.4, 0.5) is 0 Å². The first kappa shape index (κ1) is 17.4. The second-order valence-corrected chi connectivity index (χ2v) is 8.91. The topological polar surface area (TPSA) is 24.5 Å². The summed E-state index contributed by atoms with van der Waals surface area (Å²) in [6, 6.07) is 2.75. The fourth-order valence-corrected chi connectivity index (χ4v) is 4.22. The summed E-state index contributed by atoms with van der Waals surface area (Å²) in [6.07, 6.45) is 2.43. The Labute approximate surface area is 141 Å². The van der Waals surface area contributed by atoms with Crippen molar-refractivity contribution in [3.05, 3.63) is 20.8 Å². The number of halogens is 1. The molecule has 0 spiro atoms. The van der Waals surface area contributed by atoms with Gasteiger partial charge >= 0.3 is 0 Å². The zero-order valence-electron chi connectivity index (χ0n) is 13.3. The van der Waals surface area contributed by atoms with Gasteiger partial charge in [0.1, 0.15) is 0 Å². The Bertz CT molecular complexity index is 430. The molecular formula is C16H27BrN2OS. The van der Waals surface area contributed by atoms with Crippen molar-refractivity contribution in [3.8, 4) is 0 Å². The number of hydrogen-bond donors (Lipinski definition) is 1. The third-order valence-corrected chi connectivity index (χ3v) is 5.52. The summed E-state index contributed by atoms with van der Waals surface area (Å²) in [4.78, 5) is 2.44. The lowest BCUT2D eigenvalue weighted by Gasteiger charge is -2.40. The normalized spacial score (nSPS) is 23.1. The van der Waals surface area contributed by atoms with Gasteiger partial charge in [0.15, 0.2) is 0 Å². The molecule has 5 heteroatoms. The van der Waals surface area contributed by atoms with Crippen molar-refractivity contribution < 1.29 is 4.74 Å². The summed E-state index contributed by atoms with van der Waals surface area (Å²) in [5.74, 6) is 0. The van der Waals surface area contributed by atoms with E-state index in [0.717, 1.165) is 32.8 Å². The zero-order valence-corrected chi connectivity index (χ0v) is 15.7. The van der Waals surface area contributed by atoms with Gasteiger partial charge < -0.3 is 15.0 Å². The maximum Gasteiger partial charge on any atom is 0.0701 e. The van der Waals surface area contributed by atoms with E-state index in [4.69, 9.17) is 4.74 Å². The van der Waals surface area contributed by atoms with Gasteiger partial charge in [-0.1, -0.05) is 13.8 Å². The van der Waals surface area contributed by atoms with Crippen molar-refractivity contribution >= 4 is 27.3 Å². The molecule has 1 aromatic heterocycles. The van der Waals surface area contributed by atoms with Crippen LogP contribution in [-0.2, 0) is 11.3 Å². The molecule has 1 aliphatic rings. The first-order valence-electron chi connectivity index (χ1n) is 7.72. The molecule has 0 radical (unpaired) electrons. The number of hydrogen-bond acceptors (Lipinski definition) is 4. The highest BCUT2D eigenvalue weighted by atomic mass is 79.9. The number of thiophene rings is 1. The molecule has 120 valence electrons. The van der Waals surface area contributed by atoms with E-state index in [1.165, 1.54) is 22.2 Å². The largest absolute Gasteiger partial charge is 0.381 e. The average Bonchev–Trinajstić information content (AvgIpc) is 2.83. The highest BCUT2D eigenvalue weighted by Gasteiger charge is 2.34. The third-order valence-electron chi connectivity index (χ3n) is 3.97. The molecule has 0 aromatic carbocycles. The van der Waals surface area contributed by atoms with Crippen molar-refractivity contribution in [2.45, 2.75) is 39.3 Å². The van der Waals surface area contributed by atoms with Crippen LogP contribution in [-0.4, -0.2) is 44.3 Å². The molecule has 3 nitrogen and oxygen atoms in total. The number of nitrogens with one attached hydrogen (secondary N) is 1. The molecule has 2 rings (SSSR count). The van der Waals surface area contributed by atoms with Gasteiger partial charge in [-0.05, 0) is 52.8 Å². The molecule has 1 saturated heterocycles. The lowest BCUT2D eigenvalue weighted by molar-refractivity contribution is -0.0245. The zero-order chi connectivity index (χ0) is 15.3. The molecule has 1 atom stereocenters. The van der Waals surface area contributed by atoms with Gasteiger partial charge in [0.2, 0.25) is 0 Å². The van der Waals surface area contributed by atoms with Crippen LogP contribution in [0.25, 0.3) is 0 Å². The summed E-state index contributed by atoms with van der Waals surface area (Å²) >= 11 is 5.30. The molecule has 1 unspecified atom stereocenters. The van der Waals surface area contributed by atoms with Gasteiger partial charge in [0.25, 0.3) is 0 Å². The van der Waals surface area contributed by atoms with E-state index in [2.05, 4.69) is 58.5 Å². The van der Waals surface area contributed by atoms with E-state index < -0.39 is 0 Å². The molecule has 21 heavy (non-hydrogen) atoms. The Hall–Kier alpha value is 0.0600. The van der Waals surface area contributed by atoms with Gasteiger partial charge in [-0.3, -0.25) is 0 Å². The van der Waals surface area contributed by atoms with E-state index in [0.29, 0.717) is 6.04 Å². The SMILES string of the molecule is CC(C)NCC1(CN(C)Cc2csc(Br)c2)CCCOC1. The predicted molar refractivity (Wildman–Crippen MR) is 94.0 cm³/mol. The van der Waals surface area contributed by atoms with Crippen LogP contribution in [0.2, 0.25) is 0 Å². The van der Waals surface area contributed by atoms with Crippen LogP contribution >= 0.6 is 27.3 Å². The number of rotatable bonds is 7. The summed E-state index contributed by atoms with van der Waals surface area (Å²) in [6.45, 7) is 9.36. The Balaban J connectivity index is 1.93. The molecule has 1 fully saturated rings. The van der Waals surface area contributed by atoms with Crippen molar-refractivity contribution in [2.75, 3.05) is 33.4 Å². The maximum absolute atomic E-state index is 5.80. The fraction of sp³-hybridized carbons (Fsp3) is 0.750. The third kappa shape index (κ3) is 5.64. The molecule has 1 N–H and O–H groups in total. The van der Waals surface area contributed by atoms with Gasteiger partial charge in [-0.15, -0.1) is 11.3 Å². The maximum atomic E-state index is 5.80. The second kappa shape index (κ2) is 8.06. The molecule has 1 aliphatic heterocycles. The standard InChI is InChI=1S/C16H27BrN2OS/c1-13(2)18-10-16(5-4-6-20-12-16)11-19(3)8-14-7-15(17)21-9-14/h7,9,13,18H,4-6,8,10-12H2,1-3H3. The quantitative estimate of drug-likeness (QED) is 0.786. The van der Waals surface area contributed by atoms with Crippen molar-refractivity contribution in [2.24, 2.45) is 5.41 Å². The Morgan fingerprint density at radius 3 is 2.90 bits per heavy atom. The summed E-state index contributed by atoms with van der Waals surface area (Å²) < 4.78 is 7.01. The molecular weight excluding hydrogens is 348 g/mol. The molecule has 2 heterocycles. The molecule has 0 amide bonds. The summed E-state index contributed by atoms with van der Waals surface area (Å²) in [5, 5.41) is 5.85. The molecule has 1 aromatic rings. The van der Waals surface area contributed by atoms with Crippen LogP contribution in [0.5, 0.6) is 0 Å². The predicted octanol–water partition coefficient (Wildman–Crippen LogP) is 3.74. The average molecular weight is 375 g/mol. The first-order chi connectivity index (χ1) is 9.99. The summed E-state index contributed by atoms with van der Waals surface area (Å²) in [7, 11) is 2.22. The van der Waals surface area contributed by atoms with Crippen LogP contribution in [0.1, 0.15) is 32.3 Å².